The lowest BCUT2D eigenvalue weighted by Crippen LogP contribution is -2.31. The van der Waals surface area contributed by atoms with E-state index in [9.17, 15) is 8.42 Å². The highest BCUT2D eigenvalue weighted by molar-refractivity contribution is 7.90. The van der Waals surface area contributed by atoms with Gasteiger partial charge < -0.3 is 14.4 Å². The van der Waals surface area contributed by atoms with Crippen molar-refractivity contribution < 1.29 is 17.9 Å². The van der Waals surface area contributed by atoms with E-state index in [1.807, 2.05) is 36.9 Å². The Morgan fingerprint density at radius 1 is 0.952 bits per heavy atom. The first-order valence-electron chi connectivity index (χ1n) is 14.0. The Hall–Kier alpha value is -4.22. The monoisotopic (exact) mass is 586 g/mol. The zero-order valence-electron chi connectivity index (χ0n) is 24.2. The number of ether oxygens (including phenoxy) is 2. The molecule has 11 heteroatoms. The number of aromatic nitrogens is 5. The van der Waals surface area contributed by atoms with E-state index in [4.69, 9.17) is 19.6 Å². The predicted octanol–water partition coefficient (Wildman–Crippen LogP) is 5.18. The fourth-order valence-electron chi connectivity index (χ4n) is 5.39. The minimum absolute atomic E-state index is 0.188. The van der Waals surface area contributed by atoms with E-state index in [0.29, 0.717) is 35.0 Å². The van der Waals surface area contributed by atoms with Crippen LogP contribution in [0.1, 0.15) is 31.4 Å². The van der Waals surface area contributed by atoms with Crippen LogP contribution in [0, 0.1) is 6.92 Å². The lowest BCUT2D eigenvalue weighted by molar-refractivity contribution is 0.209. The Bertz CT molecular complexity index is 1820. The van der Waals surface area contributed by atoms with Gasteiger partial charge in [0, 0.05) is 52.9 Å². The number of benzene rings is 1. The van der Waals surface area contributed by atoms with Crippen LogP contribution < -0.4 is 9.47 Å². The molecule has 218 valence electrons. The van der Waals surface area contributed by atoms with Crippen LogP contribution in [0.5, 0.6) is 11.8 Å². The zero-order chi connectivity index (χ0) is 29.4. The first-order valence-corrected chi connectivity index (χ1v) is 15.5. The van der Waals surface area contributed by atoms with Crippen LogP contribution in [0.4, 0.5) is 0 Å². The van der Waals surface area contributed by atoms with E-state index >= 15 is 0 Å². The van der Waals surface area contributed by atoms with Crippen LogP contribution in [0.2, 0.25) is 0 Å². The molecule has 0 aliphatic carbocycles. The van der Waals surface area contributed by atoms with E-state index < -0.39 is 10.0 Å². The number of methoxy groups -OCH3 is 1. The van der Waals surface area contributed by atoms with Gasteiger partial charge in [0.2, 0.25) is 11.8 Å². The Morgan fingerprint density at radius 3 is 2.36 bits per heavy atom. The van der Waals surface area contributed by atoms with Crippen molar-refractivity contribution in [2.45, 2.75) is 37.6 Å². The summed E-state index contributed by atoms with van der Waals surface area (Å²) in [5, 5.41) is 5.49. The van der Waals surface area contributed by atoms with Gasteiger partial charge in [-0.1, -0.05) is 17.7 Å². The van der Waals surface area contributed by atoms with Gasteiger partial charge in [-0.05, 0) is 71.1 Å². The van der Waals surface area contributed by atoms with Gasteiger partial charge in [0.05, 0.1) is 30.2 Å². The summed E-state index contributed by atoms with van der Waals surface area (Å²) in [6, 6.07) is 12.7. The number of piperidine rings is 1. The molecule has 1 aromatic carbocycles. The van der Waals surface area contributed by atoms with Crippen molar-refractivity contribution in [1.82, 2.24) is 28.6 Å². The highest BCUT2D eigenvalue weighted by Gasteiger charge is 2.26. The summed E-state index contributed by atoms with van der Waals surface area (Å²) in [4.78, 5) is 11.6. The van der Waals surface area contributed by atoms with Crippen molar-refractivity contribution in [3.8, 4) is 34.0 Å². The average Bonchev–Trinajstić information content (AvgIpc) is 3.60. The van der Waals surface area contributed by atoms with E-state index in [1.165, 1.54) is 3.97 Å². The van der Waals surface area contributed by atoms with Crippen molar-refractivity contribution in [2.24, 2.45) is 0 Å². The smallest absolute Gasteiger partial charge is 0.269 e. The number of hydrogen-bond acceptors (Lipinski definition) is 8. The quantitative estimate of drug-likeness (QED) is 0.245. The molecular formula is C31H34N6O4S. The highest BCUT2D eigenvalue weighted by Crippen LogP contribution is 2.38. The summed E-state index contributed by atoms with van der Waals surface area (Å²) in [5.41, 5.74) is 4.34. The maximum absolute atomic E-state index is 13.9. The largest absolute Gasteiger partial charge is 0.481 e. The minimum Gasteiger partial charge on any atom is -0.481 e. The predicted molar refractivity (Wildman–Crippen MR) is 161 cm³/mol. The van der Waals surface area contributed by atoms with Crippen molar-refractivity contribution in [3.63, 3.8) is 0 Å². The molecule has 0 bridgehead atoms. The highest BCUT2D eigenvalue weighted by atomic mass is 32.2. The third-order valence-electron chi connectivity index (χ3n) is 7.80. The second kappa shape index (κ2) is 11.2. The molecule has 1 saturated heterocycles. The van der Waals surface area contributed by atoms with Crippen LogP contribution in [0.3, 0.4) is 0 Å². The van der Waals surface area contributed by atoms with Crippen LogP contribution in [-0.2, 0) is 10.0 Å². The van der Waals surface area contributed by atoms with Gasteiger partial charge in [0.15, 0.2) is 5.65 Å². The molecule has 0 saturated carbocycles. The van der Waals surface area contributed by atoms with Crippen molar-refractivity contribution in [1.29, 1.82) is 0 Å². The molecule has 0 atom stereocenters. The summed E-state index contributed by atoms with van der Waals surface area (Å²) in [5.74, 6) is 1.01. The van der Waals surface area contributed by atoms with E-state index in [1.54, 1.807) is 56.0 Å². The normalized spacial score (nSPS) is 14.9. The van der Waals surface area contributed by atoms with Gasteiger partial charge in [-0.2, -0.15) is 0 Å². The second-order valence-electron chi connectivity index (χ2n) is 10.6. The summed E-state index contributed by atoms with van der Waals surface area (Å²) in [6.07, 6.45) is 9.03. The van der Waals surface area contributed by atoms with Crippen LogP contribution in [0.15, 0.2) is 72.1 Å². The lowest BCUT2D eigenvalue weighted by Gasteiger charge is -2.28. The van der Waals surface area contributed by atoms with Gasteiger partial charge >= 0.3 is 0 Å². The van der Waals surface area contributed by atoms with E-state index in [0.717, 1.165) is 48.2 Å². The Kier molecular flexibility index (Phi) is 7.46. The molecule has 0 spiro atoms. The number of rotatable bonds is 8. The van der Waals surface area contributed by atoms with Gasteiger partial charge in [0.1, 0.15) is 0 Å². The molecule has 0 N–H and O–H groups in total. The molecule has 1 aliphatic heterocycles. The molecule has 1 aliphatic rings. The molecule has 0 amide bonds. The van der Waals surface area contributed by atoms with Gasteiger partial charge in [-0.3, -0.25) is 4.68 Å². The standard InChI is InChI=1S/C31H34N6O4S/c1-5-41-31-28(19-36(34-31)24-12-14-35(3)15-13-24)23-16-26-27(22-8-11-29(40-4)32-17-22)20-37(30(26)33-18-23)42(38,39)25-9-6-21(2)7-10-25/h6-11,16-20,24H,5,12-15H2,1-4H3. The zero-order valence-corrected chi connectivity index (χ0v) is 25.0. The first-order chi connectivity index (χ1) is 20.3. The number of aryl methyl sites for hydroxylation is 1. The van der Waals surface area contributed by atoms with Gasteiger partial charge in [-0.25, -0.2) is 22.4 Å². The van der Waals surface area contributed by atoms with Crippen LogP contribution in [0.25, 0.3) is 33.3 Å². The maximum atomic E-state index is 13.9. The average molecular weight is 587 g/mol. The molecule has 0 unspecified atom stereocenters. The van der Waals surface area contributed by atoms with Gasteiger partial charge in [-0.15, -0.1) is 5.10 Å². The molecule has 4 aromatic heterocycles. The van der Waals surface area contributed by atoms with E-state index in [-0.39, 0.29) is 10.9 Å². The number of nitrogens with zero attached hydrogens (tertiary/aromatic N) is 6. The molecule has 5 heterocycles. The number of pyridine rings is 2. The number of hydrogen-bond donors (Lipinski definition) is 0. The second-order valence-corrected chi connectivity index (χ2v) is 12.5. The van der Waals surface area contributed by atoms with Crippen molar-refractivity contribution >= 4 is 21.1 Å². The van der Waals surface area contributed by atoms with Crippen LogP contribution in [-0.4, -0.2) is 70.9 Å². The fourth-order valence-corrected chi connectivity index (χ4v) is 6.71. The molecular weight excluding hydrogens is 552 g/mol. The summed E-state index contributed by atoms with van der Waals surface area (Å²) < 4.78 is 42.2. The Labute approximate surface area is 245 Å². The van der Waals surface area contributed by atoms with Crippen molar-refractivity contribution in [3.05, 3.63) is 72.8 Å². The summed E-state index contributed by atoms with van der Waals surface area (Å²) >= 11 is 0. The minimum atomic E-state index is -3.93. The number of likely N-dealkylation sites (tertiary alicyclic amines) is 1. The molecule has 1 fully saturated rings. The molecule has 5 aromatic rings. The van der Waals surface area contributed by atoms with E-state index in [2.05, 4.69) is 16.9 Å². The Morgan fingerprint density at radius 2 is 1.69 bits per heavy atom. The molecule has 42 heavy (non-hydrogen) atoms. The lowest BCUT2D eigenvalue weighted by atomic mass is 10.0. The summed E-state index contributed by atoms with van der Waals surface area (Å²) in [6.45, 7) is 6.36. The number of fused-ring (bicyclic) bond motifs is 1. The topological polar surface area (TPSA) is 104 Å². The molecule has 6 rings (SSSR count). The first kappa shape index (κ1) is 27.9. The van der Waals surface area contributed by atoms with Gasteiger partial charge in [0.25, 0.3) is 10.0 Å². The third-order valence-corrected chi connectivity index (χ3v) is 9.46. The maximum Gasteiger partial charge on any atom is 0.269 e. The molecule has 0 radical (unpaired) electrons. The molecule has 10 nitrogen and oxygen atoms in total. The SMILES string of the molecule is CCOc1nn(C2CCN(C)CC2)cc1-c1cnc2c(c1)c(-c1ccc(OC)nc1)cn2S(=O)(=O)c1ccc(C)cc1. The third kappa shape index (κ3) is 5.14. The summed E-state index contributed by atoms with van der Waals surface area (Å²) in [7, 11) is -0.235. The van der Waals surface area contributed by atoms with Crippen molar-refractivity contribution in [2.75, 3.05) is 33.9 Å². The fraction of sp³-hybridized carbons (Fsp3) is 0.323. The van der Waals surface area contributed by atoms with Crippen LogP contribution >= 0.6 is 0 Å². The Balaban J connectivity index is 1.51.